The smallest absolute Gasteiger partial charge is 0.300 e. The Hall–Kier alpha value is -3.18. The third-order valence-corrected chi connectivity index (χ3v) is 3.74. The van der Waals surface area contributed by atoms with Gasteiger partial charge < -0.3 is 9.73 Å². The van der Waals surface area contributed by atoms with Crippen molar-refractivity contribution in [1.82, 2.24) is 4.98 Å². The summed E-state index contributed by atoms with van der Waals surface area (Å²) in [6.07, 6.45) is 0. The van der Waals surface area contributed by atoms with Gasteiger partial charge in [0, 0.05) is 10.7 Å². The Kier molecular flexibility index (Phi) is 4.14. The summed E-state index contributed by atoms with van der Waals surface area (Å²) in [5, 5.41) is 12.1. The van der Waals surface area contributed by atoms with Crippen molar-refractivity contribution < 1.29 is 4.42 Å². The highest BCUT2D eigenvalue weighted by atomic mass is 35.5. The van der Waals surface area contributed by atoms with Crippen molar-refractivity contribution in [3.8, 4) is 0 Å². The molecular weight excluding hydrogens is 336 g/mol. The van der Waals surface area contributed by atoms with Crippen molar-refractivity contribution in [2.45, 2.75) is 0 Å². The van der Waals surface area contributed by atoms with Gasteiger partial charge in [0.05, 0.1) is 11.4 Å². The number of anilines is 2. The van der Waals surface area contributed by atoms with E-state index in [1.807, 2.05) is 54.6 Å². The predicted octanol–water partition coefficient (Wildman–Crippen LogP) is 6.64. The number of hydrogen-bond acceptors (Lipinski definition) is 5. The molecule has 0 aliphatic carbocycles. The van der Waals surface area contributed by atoms with Crippen molar-refractivity contribution in [2.24, 2.45) is 10.2 Å². The van der Waals surface area contributed by atoms with E-state index in [-0.39, 0.29) is 0 Å². The lowest BCUT2D eigenvalue weighted by Gasteiger charge is -2.01. The first kappa shape index (κ1) is 15.4. The second-order valence-electron chi connectivity index (χ2n) is 5.34. The van der Waals surface area contributed by atoms with Crippen LogP contribution in [-0.4, -0.2) is 4.98 Å². The number of hydrogen-bond donors (Lipinski definition) is 1. The zero-order valence-corrected chi connectivity index (χ0v) is 13.8. The average molecular weight is 349 g/mol. The second kappa shape index (κ2) is 6.75. The molecule has 0 aliphatic heterocycles. The summed E-state index contributed by atoms with van der Waals surface area (Å²) in [6, 6.07) is 22.9. The van der Waals surface area contributed by atoms with Crippen LogP contribution in [0.5, 0.6) is 0 Å². The number of azo groups is 1. The van der Waals surface area contributed by atoms with Gasteiger partial charge >= 0.3 is 0 Å². The third-order valence-electron chi connectivity index (χ3n) is 3.51. The van der Waals surface area contributed by atoms with Crippen LogP contribution in [0.1, 0.15) is 0 Å². The maximum atomic E-state index is 5.96. The molecule has 4 rings (SSSR count). The summed E-state index contributed by atoms with van der Waals surface area (Å²) >= 11 is 5.96. The van der Waals surface area contributed by atoms with Crippen LogP contribution in [0.3, 0.4) is 0 Å². The van der Waals surface area contributed by atoms with E-state index in [4.69, 9.17) is 16.0 Å². The van der Waals surface area contributed by atoms with Crippen molar-refractivity contribution in [3.05, 3.63) is 77.8 Å². The number of benzene rings is 3. The van der Waals surface area contributed by atoms with Crippen LogP contribution < -0.4 is 5.32 Å². The SMILES string of the molecule is Clc1ccc2oc(Nc3ccc(N=Nc4ccccc4)cc3)nc2c1. The molecule has 0 amide bonds. The van der Waals surface area contributed by atoms with E-state index in [2.05, 4.69) is 20.5 Å². The van der Waals surface area contributed by atoms with Gasteiger partial charge in [0.25, 0.3) is 6.01 Å². The number of aromatic nitrogens is 1. The lowest BCUT2D eigenvalue weighted by Crippen LogP contribution is -1.88. The number of rotatable bonds is 4. The van der Waals surface area contributed by atoms with Crippen molar-refractivity contribution in [2.75, 3.05) is 5.32 Å². The Morgan fingerprint density at radius 1 is 0.840 bits per heavy atom. The zero-order chi connectivity index (χ0) is 17.1. The normalized spacial score (nSPS) is 11.2. The highest BCUT2D eigenvalue weighted by Crippen LogP contribution is 2.26. The molecule has 3 aromatic carbocycles. The topological polar surface area (TPSA) is 62.8 Å². The fraction of sp³-hybridized carbons (Fsp3) is 0. The van der Waals surface area contributed by atoms with Crippen molar-refractivity contribution in [1.29, 1.82) is 0 Å². The molecule has 0 unspecified atom stereocenters. The molecule has 0 saturated heterocycles. The monoisotopic (exact) mass is 348 g/mol. The Balaban J connectivity index is 1.48. The average Bonchev–Trinajstić information content (AvgIpc) is 3.03. The van der Waals surface area contributed by atoms with Gasteiger partial charge in [-0.3, -0.25) is 0 Å². The van der Waals surface area contributed by atoms with Gasteiger partial charge in [-0.25, -0.2) is 0 Å². The zero-order valence-electron chi connectivity index (χ0n) is 13.1. The molecule has 122 valence electrons. The van der Waals surface area contributed by atoms with E-state index in [1.165, 1.54) is 0 Å². The van der Waals surface area contributed by atoms with Crippen LogP contribution in [0.2, 0.25) is 5.02 Å². The number of halogens is 1. The predicted molar refractivity (Wildman–Crippen MR) is 99.4 cm³/mol. The fourth-order valence-electron chi connectivity index (χ4n) is 2.30. The highest BCUT2D eigenvalue weighted by Gasteiger charge is 2.06. The van der Waals surface area contributed by atoms with Crippen LogP contribution in [0.4, 0.5) is 23.1 Å². The minimum atomic E-state index is 0.413. The van der Waals surface area contributed by atoms with Crippen molar-refractivity contribution >= 4 is 45.8 Å². The van der Waals surface area contributed by atoms with Gasteiger partial charge in [0.1, 0.15) is 5.52 Å². The molecule has 6 heteroatoms. The number of oxazole rings is 1. The Bertz CT molecular complexity index is 1030. The van der Waals surface area contributed by atoms with Crippen LogP contribution >= 0.6 is 11.6 Å². The molecule has 0 atom stereocenters. The van der Waals surface area contributed by atoms with Crippen LogP contribution in [0.15, 0.2) is 87.4 Å². The molecule has 0 aliphatic rings. The van der Waals surface area contributed by atoms with E-state index in [0.29, 0.717) is 22.1 Å². The van der Waals surface area contributed by atoms with Gasteiger partial charge in [0.15, 0.2) is 5.58 Å². The molecular formula is C19H13ClN4O. The minimum absolute atomic E-state index is 0.413. The maximum absolute atomic E-state index is 5.96. The van der Waals surface area contributed by atoms with Gasteiger partial charge in [-0.05, 0) is 54.6 Å². The van der Waals surface area contributed by atoms with Crippen LogP contribution in [-0.2, 0) is 0 Å². The quantitative estimate of drug-likeness (QED) is 0.420. The number of nitrogens with one attached hydrogen (secondary N) is 1. The van der Waals surface area contributed by atoms with E-state index in [0.717, 1.165) is 17.1 Å². The molecule has 4 aromatic rings. The molecule has 1 heterocycles. The number of fused-ring (bicyclic) bond motifs is 1. The summed E-state index contributed by atoms with van der Waals surface area (Å²) < 4.78 is 5.64. The lowest BCUT2D eigenvalue weighted by atomic mass is 10.3. The van der Waals surface area contributed by atoms with Gasteiger partial charge in [-0.2, -0.15) is 15.2 Å². The largest absolute Gasteiger partial charge is 0.423 e. The Morgan fingerprint density at radius 3 is 2.32 bits per heavy atom. The summed E-state index contributed by atoms with van der Waals surface area (Å²) in [4.78, 5) is 4.36. The third kappa shape index (κ3) is 3.67. The highest BCUT2D eigenvalue weighted by molar-refractivity contribution is 6.31. The molecule has 0 spiro atoms. The van der Waals surface area contributed by atoms with Crippen LogP contribution in [0.25, 0.3) is 11.1 Å². The molecule has 0 fully saturated rings. The molecule has 0 saturated carbocycles. The molecule has 0 bridgehead atoms. The second-order valence-corrected chi connectivity index (χ2v) is 5.77. The van der Waals surface area contributed by atoms with Gasteiger partial charge in [-0.1, -0.05) is 29.8 Å². The lowest BCUT2D eigenvalue weighted by molar-refractivity contribution is 0.623. The summed E-state index contributed by atoms with van der Waals surface area (Å²) in [6.45, 7) is 0. The summed E-state index contributed by atoms with van der Waals surface area (Å²) in [5.41, 5.74) is 3.81. The Labute approximate surface area is 149 Å². The minimum Gasteiger partial charge on any atom is -0.423 e. The fourth-order valence-corrected chi connectivity index (χ4v) is 2.47. The summed E-state index contributed by atoms with van der Waals surface area (Å²) in [7, 11) is 0. The first-order valence-corrected chi connectivity index (χ1v) is 8.04. The molecule has 5 nitrogen and oxygen atoms in total. The van der Waals surface area contributed by atoms with Crippen LogP contribution in [0, 0.1) is 0 Å². The molecule has 0 radical (unpaired) electrons. The maximum Gasteiger partial charge on any atom is 0.300 e. The Morgan fingerprint density at radius 2 is 1.56 bits per heavy atom. The van der Waals surface area contributed by atoms with E-state index in [1.54, 1.807) is 18.2 Å². The molecule has 25 heavy (non-hydrogen) atoms. The standard InChI is InChI=1S/C19H13ClN4O/c20-13-6-11-18-17(12-13)22-19(25-18)21-14-7-9-16(10-8-14)24-23-15-4-2-1-3-5-15/h1-12H,(H,21,22). The molecule has 1 aromatic heterocycles. The van der Waals surface area contributed by atoms with E-state index < -0.39 is 0 Å². The van der Waals surface area contributed by atoms with Gasteiger partial charge in [-0.15, -0.1) is 0 Å². The van der Waals surface area contributed by atoms with E-state index >= 15 is 0 Å². The first-order chi connectivity index (χ1) is 12.3. The summed E-state index contributed by atoms with van der Waals surface area (Å²) in [5.74, 6) is 0. The first-order valence-electron chi connectivity index (χ1n) is 7.66. The molecule has 1 N–H and O–H groups in total. The van der Waals surface area contributed by atoms with E-state index in [9.17, 15) is 0 Å². The van der Waals surface area contributed by atoms with Crippen molar-refractivity contribution in [3.63, 3.8) is 0 Å². The number of nitrogens with zero attached hydrogens (tertiary/aromatic N) is 3. The van der Waals surface area contributed by atoms with Gasteiger partial charge in [0.2, 0.25) is 0 Å².